The highest BCUT2D eigenvalue weighted by Crippen LogP contribution is 2.36. The lowest BCUT2D eigenvalue weighted by Gasteiger charge is -2.16. The molecule has 0 saturated heterocycles. The van der Waals surface area contributed by atoms with E-state index < -0.39 is 17.6 Å². The van der Waals surface area contributed by atoms with Crippen molar-refractivity contribution in [3.8, 4) is 0 Å². The van der Waals surface area contributed by atoms with Gasteiger partial charge in [0, 0.05) is 10.9 Å². The zero-order valence-electron chi connectivity index (χ0n) is 9.94. The summed E-state index contributed by atoms with van der Waals surface area (Å²) in [5, 5.41) is 2.25. The van der Waals surface area contributed by atoms with Crippen molar-refractivity contribution in [2.75, 3.05) is 5.32 Å². The van der Waals surface area contributed by atoms with Gasteiger partial charge in [-0.15, -0.1) is 0 Å². The van der Waals surface area contributed by atoms with Crippen LogP contribution in [-0.2, 0) is 11.0 Å². The SMILES string of the molecule is CCC(C)C(=O)Nc1ccc(Cl)cc1C(F)(F)F. The van der Waals surface area contributed by atoms with Crippen molar-refractivity contribution < 1.29 is 18.0 Å². The minimum absolute atomic E-state index is 0.0242. The summed E-state index contributed by atoms with van der Waals surface area (Å²) < 4.78 is 38.3. The molecule has 0 aromatic heterocycles. The fraction of sp³-hybridized carbons (Fsp3) is 0.417. The Morgan fingerprint density at radius 3 is 2.56 bits per heavy atom. The van der Waals surface area contributed by atoms with E-state index in [-0.39, 0.29) is 16.6 Å². The van der Waals surface area contributed by atoms with E-state index in [0.717, 1.165) is 12.1 Å². The summed E-state index contributed by atoms with van der Waals surface area (Å²) in [7, 11) is 0. The number of anilines is 1. The summed E-state index contributed by atoms with van der Waals surface area (Å²) in [6.07, 6.45) is -4.00. The number of hydrogen-bond acceptors (Lipinski definition) is 1. The van der Waals surface area contributed by atoms with Gasteiger partial charge in [-0.25, -0.2) is 0 Å². The molecule has 100 valence electrons. The number of amides is 1. The smallest absolute Gasteiger partial charge is 0.325 e. The Hall–Kier alpha value is -1.23. The second-order valence-corrected chi connectivity index (χ2v) is 4.42. The molecule has 0 bridgehead atoms. The monoisotopic (exact) mass is 279 g/mol. The molecule has 0 aliphatic heterocycles. The van der Waals surface area contributed by atoms with Gasteiger partial charge >= 0.3 is 6.18 Å². The molecule has 18 heavy (non-hydrogen) atoms. The van der Waals surface area contributed by atoms with E-state index in [1.165, 1.54) is 6.07 Å². The summed E-state index contributed by atoms with van der Waals surface area (Å²) in [5.74, 6) is -0.785. The van der Waals surface area contributed by atoms with E-state index in [1.54, 1.807) is 13.8 Å². The van der Waals surface area contributed by atoms with Crippen LogP contribution in [0.4, 0.5) is 18.9 Å². The van der Waals surface area contributed by atoms with Gasteiger partial charge in [-0.2, -0.15) is 13.2 Å². The highest BCUT2D eigenvalue weighted by Gasteiger charge is 2.34. The quantitative estimate of drug-likeness (QED) is 0.876. The lowest BCUT2D eigenvalue weighted by molar-refractivity contribution is -0.137. The topological polar surface area (TPSA) is 29.1 Å². The number of benzene rings is 1. The van der Waals surface area contributed by atoms with Gasteiger partial charge in [-0.1, -0.05) is 25.4 Å². The Balaban J connectivity index is 3.06. The second-order valence-electron chi connectivity index (χ2n) is 3.99. The van der Waals surface area contributed by atoms with Crippen molar-refractivity contribution in [2.45, 2.75) is 26.4 Å². The minimum Gasteiger partial charge on any atom is -0.325 e. The summed E-state index contributed by atoms with van der Waals surface area (Å²) in [6, 6.07) is 3.27. The molecule has 1 aromatic rings. The Morgan fingerprint density at radius 1 is 1.44 bits per heavy atom. The van der Waals surface area contributed by atoms with Crippen LogP contribution in [-0.4, -0.2) is 5.91 Å². The number of rotatable bonds is 3. The number of carbonyl (C=O) groups excluding carboxylic acids is 1. The van der Waals surface area contributed by atoms with Crippen LogP contribution in [0.3, 0.4) is 0 Å². The van der Waals surface area contributed by atoms with Gasteiger partial charge in [0.2, 0.25) is 5.91 Å². The van der Waals surface area contributed by atoms with Crippen LogP contribution in [0.25, 0.3) is 0 Å². The van der Waals surface area contributed by atoms with Crippen LogP contribution in [0.2, 0.25) is 5.02 Å². The molecule has 0 fully saturated rings. The average molecular weight is 280 g/mol. The molecule has 1 aromatic carbocycles. The van der Waals surface area contributed by atoms with Crippen LogP contribution in [0.5, 0.6) is 0 Å². The molecule has 0 radical (unpaired) electrons. The molecule has 0 heterocycles. The second kappa shape index (κ2) is 5.61. The molecule has 1 N–H and O–H groups in total. The summed E-state index contributed by atoms with van der Waals surface area (Å²) >= 11 is 5.54. The molecular weight excluding hydrogens is 267 g/mol. The Labute approximate surface area is 108 Å². The molecule has 0 aliphatic carbocycles. The van der Waals surface area contributed by atoms with E-state index in [1.807, 2.05) is 0 Å². The first-order valence-corrected chi connectivity index (χ1v) is 5.81. The number of nitrogens with one attached hydrogen (secondary N) is 1. The summed E-state index contributed by atoms with van der Waals surface area (Å²) in [6.45, 7) is 3.44. The van der Waals surface area contributed by atoms with Crippen LogP contribution >= 0.6 is 11.6 Å². The zero-order valence-corrected chi connectivity index (χ0v) is 10.7. The van der Waals surface area contributed by atoms with Gasteiger partial charge in [-0.3, -0.25) is 4.79 Å². The normalized spacial score (nSPS) is 13.2. The number of hydrogen-bond donors (Lipinski definition) is 1. The maximum atomic E-state index is 12.8. The third-order valence-corrected chi connectivity index (χ3v) is 2.84. The highest BCUT2D eigenvalue weighted by atomic mass is 35.5. The zero-order chi connectivity index (χ0) is 13.9. The third kappa shape index (κ3) is 3.63. The number of carbonyl (C=O) groups is 1. The lowest BCUT2D eigenvalue weighted by Crippen LogP contribution is -2.22. The molecule has 1 atom stereocenters. The fourth-order valence-corrected chi connectivity index (χ4v) is 1.47. The molecular formula is C12H13ClF3NO. The molecule has 0 spiro atoms. The first-order chi connectivity index (χ1) is 8.25. The Morgan fingerprint density at radius 2 is 2.06 bits per heavy atom. The van der Waals surface area contributed by atoms with Crippen LogP contribution in [0, 0.1) is 5.92 Å². The van der Waals surface area contributed by atoms with Crippen LogP contribution < -0.4 is 5.32 Å². The summed E-state index contributed by atoms with van der Waals surface area (Å²) in [4.78, 5) is 11.6. The summed E-state index contributed by atoms with van der Waals surface area (Å²) in [5.41, 5.74) is -1.20. The highest BCUT2D eigenvalue weighted by molar-refractivity contribution is 6.30. The van der Waals surface area contributed by atoms with Gasteiger partial charge in [0.25, 0.3) is 0 Å². The van der Waals surface area contributed by atoms with Gasteiger partial charge < -0.3 is 5.32 Å². The van der Waals surface area contributed by atoms with Crippen LogP contribution in [0.1, 0.15) is 25.8 Å². The van der Waals surface area contributed by atoms with E-state index in [4.69, 9.17) is 11.6 Å². The maximum Gasteiger partial charge on any atom is 0.418 e. The number of alkyl halides is 3. The minimum atomic E-state index is -4.55. The van der Waals surface area contributed by atoms with E-state index in [9.17, 15) is 18.0 Å². The van der Waals surface area contributed by atoms with Gasteiger partial charge in [0.15, 0.2) is 0 Å². The van der Waals surface area contributed by atoms with Crippen molar-refractivity contribution in [3.05, 3.63) is 28.8 Å². The third-order valence-electron chi connectivity index (χ3n) is 2.60. The fourth-order valence-electron chi connectivity index (χ4n) is 1.30. The van der Waals surface area contributed by atoms with E-state index in [0.29, 0.717) is 6.42 Å². The first kappa shape index (κ1) is 14.8. The standard InChI is InChI=1S/C12H13ClF3NO/c1-3-7(2)11(18)17-10-5-4-8(13)6-9(10)12(14,15)16/h4-7H,3H2,1-2H3,(H,17,18). The Bertz CT molecular complexity index is 445. The van der Waals surface area contributed by atoms with Crippen molar-refractivity contribution >= 4 is 23.2 Å². The lowest BCUT2D eigenvalue weighted by atomic mass is 10.1. The van der Waals surface area contributed by atoms with Crippen molar-refractivity contribution in [3.63, 3.8) is 0 Å². The molecule has 2 nitrogen and oxygen atoms in total. The predicted molar refractivity (Wildman–Crippen MR) is 64.5 cm³/mol. The molecule has 0 aliphatic rings. The first-order valence-electron chi connectivity index (χ1n) is 5.43. The molecule has 6 heteroatoms. The molecule has 1 unspecified atom stereocenters. The van der Waals surface area contributed by atoms with Crippen molar-refractivity contribution in [2.24, 2.45) is 5.92 Å². The largest absolute Gasteiger partial charge is 0.418 e. The van der Waals surface area contributed by atoms with Crippen molar-refractivity contribution in [1.29, 1.82) is 0 Å². The van der Waals surface area contributed by atoms with Crippen LogP contribution in [0.15, 0.2) is 18.2 Å². The Kier molecular flexibility index (Phi) is 4.62. The average Bonchev–Trinajstić information content (AvgIpc) is 2.28. The van der Waals surface area contributed by atoms with Gasteiger partial charge in [-0.05, 0) is 24.6 Å². The van der Waals surface area contributed by atoms with E-state index in [2.05, 4.69) is 5.32 Å². The van der Waals surface area contributed by atoms with Gasteiger partial charge in [0.1, 0.15) is 0 Å². The predicted octanol–water partition coefficient (Wildman–Crippen LogP) is 4.34. The maximum absolute atomic E-state index is 12.8. The molecule has 1 rings (SSSR count). The van der Waals surface area contributed by atoms with Gasteiger partial charge in [0.05, 0.1) is 11.3 Å². The molecule has 0 saturated carbocycles. The molecule has 1 amide bonds. The number of halogens is 4. The van der Waals surface area contributed by atoms with Crippen molar-refractivity contribution in [1.82, 2.24) is 0 Å². The van der Waals surface area contributed by atoms with E-state index >= 15 is 0 Å².